The first-order valence-electron chi connectivity index (χ1n) is 6.10. The van der Waals surface area contributed by atoms with E-state index in [0.717, 1.165) is 5.56 Å². The smallest absolute Gasteiger partial charge is 0.262 e. The number of nitrogens with two attached hydrogens (primary N) is 1. The second-order valence-corrected chi connectivity index (χ2v) is 4.61. The Morgan fingerprint density at radius 1 is 1.47 bits per heavy atom. The van der Waals surface area contributed by atoms with E-state index < -0.39 is 6.04 Å². The first-order valence-corrected chi connectivity index (χ1v) is 6.10. The predicted octanol–water partition coefficient (Wildman–Crippen LogP) is 0.542. The number of hydrogen-bond donors (Lipinski definition) is 3. The van der Waals surface area contributed by atoms with Crippen LogP contribution in [0.5, 0.6) is 5.75 Å². The molecule has 0 spiro atoms. The van der Waals surface area contributed by atoms with E-state index in [4.69, 9.17) is 10.5 Å². The summed E-state index contributed by atoms with van der Waals surface area (Å²) in [4.78, 5) is 22.8. The Hall–Kier alpha value is -2.08. The van der Waals surface area contributed by atoms with Crippen LogP contribution in [0.4, 0.5) is 5.69 Å². The van der Waals surface area contributed by atoms with Gasteiger partial charge in [0.1, 0.15) is 5.75 Å². The monoisotopic (exact) mass is 263 g/mol. The van der Waals surface area contributed by atoms with Crippen molar-refractivity contribution in [2.75, 3.05) is 11.9 Å². The summed E-state index contributed by atoms with van der Waals surface area (Å²) in [5.74, 6) is 0.233. The van der Waals surface area contributed by atoms with E-state index >= 15 is 0 Å². The van der Waals surface area contributed by atoms with Crippen LogP contribution in [0.25, 0.3) is 0 Å². The lowest BCUT2D eigenvalue weighted by atomic mass is 10.1. The summed E-state index contributed by atoms with van der Waals surface area (Å²) in [7, 11) is 0. The van der Waals surface area contributed by atoms with Crippen LogP contribution in [-0.4, -0.2) is 24.5 Å². The standard InChI is InChI=1S/C13H17N3O3/c1-7(14)13(18)15-8(2)9-3-4-11-10(5-9)16-12(17)6-19-11/h3-5,7-8H,6,14H2,1-2H3,(H,15,18)(H,16,17)/t7-,8?/m1/s1. The van der Waals surface area contributed by atoms with Gasteiger partial charge in [0, 0.05) is 0 Å². The van der Waals surface area contributed by atoms with Gasteiger partial charge >= 0.3 is 0 Å². The van der Waals surface area contributed by atoms with Gasteiger partial charge in [0.2, 0.25) is 5.91 Å². The highest BCUT2D eigenvalue weighted by Gasteiger charge is 2.18. The van der Waals surface area contributed by atoms with Crippen LogP contribution in [0.15, 0.2) is 18.2 Å². The van der Waals surface area contributed by atoms with Crippen LogP contribution in [0, 0.1) is 0 Å². The molecule has 102 valence electrons. The molecule has 0 aromatic heterocycles. The molecule has 0 bridgehead atoms. The van der Waals surface area contributed by atoms with E-state index in [-0.39, 0.29) is 24.5 Å². The average molecular weight is 263 g/mol. The minimum atomic E-state index is -0.553. The molecule has 0 aliphatic carbocycles. The van der Waals surface area contributed by atoms with Gasteiger partial charge in [-0.3, -0.25) is 9.59 Å². The lowest BCUT2D eigenvalue weighted by Crippen LogP contribution is -2.39. The number of carbonyl (C=O) groups is 2. The first-order chi connectivity index (χ1) is 8.97. The average Bonchev–Trinajstić information content (AvgIpc) is 2.37. The molecule has 0 fully saturated rings. The third kappa shape index (κ3) is 3.03. The number of carbonyl (C=O) groups excluding carboxylic acids is 2. The molecule has 1 aliphatic heterocycles. The molecule has 0 saturated heterocycles. The van der Waals surface area contributed by atoms with Gasteiger partial charge in [0.25, 0.3) is 5.91 Å². The van der Waals surface area contributed by atoms with Crippen LogP contribution in [-0.2, 0) is 9.59 Å². The minimum Gasteiger partial charge on any atom is -0.482 e. The molecular formula is C13H17N3O3. The Morgan fingerprint density at radius 3 is 2.89 bits per heavy atom. The van der Waals surface area contributed by atoms with Crippen molar-refractivity contribution in [3.8, 4) is 5.75 Å². The fourth-order valence-electron chi connectivity index (χ4n) is 1.80. The van der Waals surface area contributed by atoms with Crippen molar-refractivity contribution in [2.24, 2.45) is 5.73 Å². The molecule has 1 heterocycles. The number of amides is 2. The van der Waals surface area contributed by atoms with Crippen molar-refractivity contribution < 1.29 is 14.3 Å². The summed E-state index contributed by atoms with van der Waals surface area (Å²) < 4.78 is 5.27. The number of benzene rings is 1. The van der Waals surface area contributed by atoms with E-state index in [0.29, 0.717) is 11.4 Å². The molecule has 1 aromatic rings. The van der Waals surface area contributed by atoms with E-state index in [1.165, 1.54) is 0 Å². The van der Waals surface area contributed by atoms with Gasteiger partial charge in [-0.15, -0.1) is 0 Å². The van der Waals surface area contributed by atoms with Crippen molar-refractivity contribution >= 4 is 17.5 Å². The molecule has 0 saturated carbocycles. The number of nitrogens with one attached hydrogen (secondary N) is 2. The van der Waals surface area contributed by atoms with Crippen molar-refractivity contribution in [3.63, 3.8) is 0 Å². The van der Waals surface area contributed by atoms with Gasteiger partial charge < -0.3 is 21.1 Å². The highest BCUT2D eigenvalue weighted by Crippen LogP contribution is 2.30. The summed E-state index contributed by atoms with van der Waals surface area (Å²) >= 11 is 0. The summed E-state index contributed by atoms with van der Waals surface area (Å²) in [6.07, 6.45) is 0. The normalized spacial score (nSPS) is 16.7. The van der Waals surface area contributed by atoms with Crippen molar-refractivity contribution in [2.45, 2.75) is 25.9 Å². The van der Waals surface area contributed by atoms with Crippen LogP contribution in [0.1, 0.15) is 25.5 Å². The topological polar surface area (TPSA) is 93.5 Å². The fraction of sp³-hybridized carbons (Fsp3) is 0.385. The molecule has 6 nitrogen and oxygen atoms in total. The van der Waals surface area contributed by atoms with Gasteiger partial charge in [0.05, 0.1) is 17.8 Å². The predicted molar refractivity (Wildman–Crippen MR) is 70.8 cm³/mol. The molecule has 2 amide bonds. The molecule has 0 radical (unpaired) electrons. The van der Waals surface area contributed by atoms with Gasteiger partial charge in [-0.25, -0.2) is 0 Å². The second kappa shape index (κ2) is 5.27. The number of rotatable bonds is 3. The number of anilines is 1. The van der Waals surface area contributed by atoms with Gasteiger partial charge in [-0.2, -0.15) is 0 Å². The maximum absolute atomic E-state index is 11.5. The molecule has 6 heteroatoms. The molecular weight excluding hydrogens is 246 g/mol. The van der Waals surface area contributed by atoms with E-state index in [9.17, 15) is 9.59 Å². The van der Waals surface area contributed by atoms with Gasteiger partial charge in [0.15, 0.2) is 6.61 Å². The SMILES string of the molecule is CC(NC(=O)[C@@H](C)N)c1ccc2c(c1)NC(=O)CO2. The number of hydrogen-bond acceptors (Lipinski definition) is 4. The Balaban J connectivity index is 2.15. The Morgan fingerprint density at radius 2 is 2.21 bits per heavy atom. The third-order valence-electron chi connectivity index (χ3n) is 2.91. The highest BCUT2D eigenvalue weighted by molar-refractivity contribution is 5.95. The van der Waals surface area contributed by atoms with E-state index in [2.05, 4.69) is 10.6 Å². The molecule has 1 unspecified atom stereocenters. The summed E-state index contributed by atoms with van der Waals surface area (Å²) in [5.41, 5.74) is 7.00. The van der Waals surface area contributed by atoms with E-state index in [1.807, 2.05) is 13.0 Å². The Bertz CT molecular complexity index is 514. The Kier molecular flexibility index (Phi) is 3.71. The zero-order valence-electron chi connectivity index (χ0n) is 10.9. The van der Waals surface area contributed by atoms with Crippen LogP contribution < -0.4 is 21.1 Å². The van der Waals surface area contributed by atoms with Crippen molar-refractivity contribution in [1.82, 2.24) is 5.32 Å². The van der Waals surface area contributed by atoms with Crippen LogP contribution in [0.3, 0.4) is 0 Å². The summed E-state index contributed by atoms with van der Waals surface area (Å²) in [6.45, 7) is 3.51. The molecule has 1 aromatic carbocycles. The lowest BCUT2D eigenvalue weighted by molar-refractivity contribution is -0.122. The Labute approximate surface area is 111 Å². The maximum atomic E-state index is 11.5. The van der Waals surface area contributed by atoms with Crippen molar-refractivity contribution in [3.05, 3.63) is 23.8 Å². The number of ether oxygens (including phenoxy) is 1. The molecule has 2 rings (SSSR count). The van der Waals surface area contributed by atoms with E-state index in [1.54, 1.807) is 19.1 Å². The quantitative estimate of drug-likeness (QED) is 0.742. The largest absolute Gasteiger partial charge is 0.482 e. The molecule has 1 aliphatic rings. The summed E-state index contributed by atoms with van der Waals surface area (Å²) in [5, 5.41) is 5.53. The molecule has 4 N–H and O–H groups in total. The second-order valence-electron chi connectivity index (χ2n) is 4.61. The van der Waals surface area contributed by atoms with Gasteiger partial charge in [-0.1, -0.05) is 6.07 Å². The first kappa shape index (κ1) is 13.4. The maximum Gasteiger partial charge on any atom is 0.262 e. The number of fused-ring (bicyclic) bond motifs is 1. The van der Waals surface area contributed by atoms with Gasteiger partial charge in [-0.05, 0) is 31.5 Å². The van der Waals surface area contributed by atoms with Crippen LogP contribution >= 0.6 is 0 Å². The highest BCUT2D eigenvalue weighted by atomic mass is 16.5. The zero-order chi connectivity index (χ0) is 14.0. The zero-order valence-corrected chi connectivity index (χ0v) is 10.9. The minimum absolute atomic E-state index is 0.0311. The summed E-state index contributed by atoms with van der Waals surface area (Å²) in [6, 6.07) is 4.67. The fourth-order valence-corrected chi connectivity index (χ4v) is 1.80. The van der Waals surface area contributed by atoms with Crippen molar-refractivity contribution in [1.29, 1.82) is 0 Å². The van der Waals surface area contributed by atoms with Crippen LogP contribution in [0.2, 0.25) is 0 Å². The molecule has 19 heavy (non-hydrogen) atoms. The third-order valence-corrected chi connectivity index (χ3v) is 2.91. The molecule has 2 atom stereocenters. The lowest BCUT2D eigenvalue weighted by Gasteiger charge is -2.21.